The normalized spacial score (nSPS) is 12.8. The topological polar surface area (TPSA) is 75.7 Å². The first-order valence-electron chi connectivity index (χ1n) is 8.37. The summed E-state index contributed by atoms with van der Waals surface area (Å²) in [5.74, 6) is 0.364. The summed E-state index contributed by atoms with van der Waals surface area (Å²) in [5, 5.41) is 2.81. The number of carbonyl (C=O) groups excluding carboxylic acids is 3. The van der Waals surface area contributed by atoms with Crippen molar-refractivity contribution in [3.63, 3.8) is 0 Å². The number of fused-ring (bicyclic) bond motifs is 1. The van der Waals surface area contributed by atoms with Crippen LogP contribution in [0.5, 0.6) is 5.75 Å². The van der Waals surface area contributed by atoms with Crippen LogP contribution in [-0.2, 0) is 4.79 Å². The van der Waals surface area contributed by atoms with Crippen LogP contribution >= 0.6 is 0 Å². The highest BCUT2D eigenvalue weighted by molar-refractivity contribution is 5.99. The molecule has 0 aliphatic carbocycles. The largest absolute Gasteiger partial charge is 0.490 e. The first kappa shape index (κ1) is 17.7. The van der Waals surface area contributed by atoms with Gasteiger partial charge in [-0.1, -0.05) is 12.1 Å². The van der Waals surface area contributed by atoms with E-state index in [0.29, 0.717) is 35.7 Å². The summed E-state index contributed by atoms with van der Waals surface area (Å²) >= 11 is 0. The van der Waals surface area contributed by atoms with Gasteiger partial charge in [0.2, 0.25) is 5.91 Å². The number of hydrogen-bond acceptors (Lipinski definition) is 5. The molecule has 1 heterocycles. The van der Waals surface area contributed by atoms with E-state index >= 15 is 0 Å². The van der Waals surface area contributed by atoms with Gasteiger partial charge in [0, 0.05) is 16.8 Å². The van der Waals surface area contributed by atoms with E-state index in [-0.39, 0.29) is 24.0 Å². The first-order valence-corrected chi connectivity index (χ1v) is 8.37. The molecule has 1 aliphatic heterocycles. The lowest BCUT2D eigenvalue weighted by Crippen LogP contribution is -2.39. The second-order valence-corrected chi connectivity index (χ2v) is 6.19. The minimum atomic E-state index is -0.202. The molecule has 1 amide bonds. The van der Waals surface area contributed by atoms with Gasteiger partial charge in [0.15, 0.2) is 11.6 Å². The van der Waals surface area contributed by atoms with Gasteiger partial charge in [-0.3, -0.25) is 14.4 Å². The summed E-state index contributed by atoms with van der Waals surface area (Å²) in [4.78, 5) is 37.4. The molecule has 0 radical (unpaired) electrons. The molecule has 0 aromatic heterocycles. The van der Waals surface area contributed by atoms with E-state index in [1.54, 1.807) is 42.5 Å². The van der Waals surface area contributed by atoms with Crippen LogP contribution in [0.15, 0.2) is 42.5 Å². The molecule has 2 aromatic carbocycles. The molecule has 0 saturated carbocycles. The highest BCUT2D eigenvalue weighted by atomic mass is 16.5. The molecule has 0 atom stereocenters. The minimum Gasteiger partial charge on any atom is -0.490 e. The number of ether oxygens (including phenoxy) is 1. The van der Waals surface area contributed by atoms with Crippen molar-refractivity contribution in [3.8, 4) is 5.75 Å². The number of ketones is 2. The van der Waals surface area contributed by atoms with Crippen LogP contribution in [0.4, 0.5) is 11.4 Å². The smallest absolute Gasteiger partial charge is 0.243 e. The highest BCUT2D eigenvalue weighted by Crippen LogP contribution is 2.32. The third kappa shape index (κ3) is 3.91. The Kier molecular flexibility index (Phi) is 5.02. The molecule has 26 heavy (non-hydrogen) atoms. The molecule has 6 nitrogen and oxygen atoms in total. The van der Waals surface area contributed by atoms with E-state index in [2.05, 4.69) is 5.32 Å². The maximum absolute atomic E-state index is 12.4. The molecule has 0 unspecified atom stereocenters. The number of rotatable bonds is 5. The van der Waals surface area contributed by atoms with Gasteiger partial charge in [-0.25, -0.2) is 0 Å². The molecule has 0 saturated heterocycles. The SMILES string of the molecule is CC(=O)c1cccc(NC(=O)CN2CCOc3ccc(C(C)=O)cc32)c1. The summed E-state index contributed by atoms with van der Waals surface area (Å²) in [6.07, 6.45) is 0. The average molecular weight is 352 g/mol. The summed E-state index contributed by atoms with van der Waals surface area (Å²) < 4.78 is 5.61. The van der Waals surface area contributed by atoms with Gasteiger partial charge in [0.1, 0.15) is 12.4 Å². The Morgan fingerprint density at radius 3 is 2.50 bits per heavy atom. The molecule has 1 N–H and O–H groups in total. The standard InChI is InChI=1S/C20H20N2O4/c1-13(23)15-4-3-5-17(10-15)21-20(25)12-22-8-9-26-19-7-6-16(14(2)24)11-18(19)22/h3-7,10-11H,8-9,12H2,1-2H3,(H,21,25). The summed E-state index contributed by atoms with van der Waals surface area (Å²) in [7, 11) is 0. The zero-order valence-corrected chi connectivity index (χ0v) is 14.7. The van der Waals surface area contributed by atoms with Gasteiger partial charge < -0.3 is 15.0 Å². The fraction of sp³-hybridized carbons (Fsp3) is 0.250. The first-order chi connectivity index (χ1) is 12.4. The van der Waals surface area contributed by atoms with Gasteiger partial charge in [-0.15, -0.1) is 0 Å². The average Bonchev–Trinajstić information content (AvgIpc) is 2.61. The van der Waals surface area contributed by atoms with Crippen molar-refractivity contribution >= 4 is 28.8 Å². The molecule has 2 aromatic rings. The molecular weight excluding hydrogens is 332 g/mol. The van der Waals surface area contributed by atoms with Crippen molar-refractivity contribution in [2.75, 3.05) is 29.9 Å². The number of anilines is 2. The second-order valence-electron chi connectivity index (χ2n) is 6.19. The molecule has 1 aliphatic rings. The lowest BCUT2D eigenvalue weighted by atomic mass is 10.1. The highest BCUT2D eigenvalue weighted by Gasteiger charge is 2.21. The second kappa shape index (κ2) is 7.39. The van der Waals surface area contributed by atoms with E-state index in [0.717, 1.165) is 5.69 Å². The zero-order chi connectivity index (χ0) is 18.7. The monoisotopic (exact) mass is 352 g/mol. The maximum atomic E-state index is 12.4. The van der Waals surface area contributed by atoms with Crippen LogP contribution in [0, 0.1) is 0 Å². The molecular formula is C20H20N2O4. The quantitative estimate of drug-likeness (QED) is 0.838. The number of amides is 1. The Labute approximate surface area is 151 Å². The van der Waals surface area contributed by atoms with E-state index in [1.165, 1.54) is 13.8 Å². The van der Waals surface area contributed by atoms with Crippen LogP contribution in [-0.4, -0.2) is 37.2 Å². The van der Waals surface area contributed by atoms with Crippen LogP contribution in [0.25, 0.3) is 0 Å². The van der Waals surface area contributed by atoms with Crippen molar-refractivity contribution < 1.29 is 19.1 Å². The Morgan fingerprint density at radius 2 is 1.77 bits per heavy atom. The maximum Gasteiger partial charge on any atom is 0.243 e. The van der Waals surface area contributed by atoms with Crippen molar-refractivity contribution in [1.82, 2.24) is 0 Å². The Balaban J connectivity index is 1.75. The van der Waals surface area contributed by atoms with Gasteiger partial charge in [0.05, 0.1) is 18.8 Å². The molecule has 3 rings (SSSR count). The Morgan fingerprint density at radius 1 is 1.04 bits per heavy atom. The molecule has 0 bridgehead atoms. The van der Waals surface area contributed by atoms with Crippen molar-refractivity contribution in [1.29, 1.82) is 0 Å². The summed E-state index contributed by atoms with van der Waals surface area (Å²) in [6, 6.07) is 12.1. The van der Waals surface area contributed by atoms with Gasteiger partial charge in [0.25, 0.3) is 0 Å². The predicted molar refractivity (Wildman–Crippen MR) is 99.2 cm³/mol. The van der Waals surface area contributed by atoms with Crippen LogP contribution < -0.4 is 15.0 Å². The third-order valence-corrected chi connectivity index (χ3v) is 4.21. The number of Topliss-reactive ketones (excluding diaryl/α,β-unsaturated/α-hetero) is 2. The number of nitrogens with one attached hydrogen (secondary N) is 1. The van der Waals surface area contributed by atoms with Crippen molar-refractivity contribution in [2.45, 2.75) is 13.8 Å². The van der Waals surface area contributed by atoms with Crippen LogP contribution in [0.1, 0.15) is 34.6 Å². The van der Waals surface area contributed by atoms with E-state index in [9.17, 15) is 14.4 Å². The fourth-order valence-corrected chi connectivity index (χ4v) is 2.85. The fourth-order valence-electron chi connectivity index (χ4n) is 2.85. The lowest BCUT2D eigenvalue weighted by Gasteiger charge is -2.31. The van der Waals surface area contributed by atoms with E-state index in [1.807, 2.05) is 4.90 Å². The van der Waals surface area contributed by atoms with Crippen LogP contribution in [0.3, 0.4) is 0 Å². The molecule has 0 fully saturated rings. The number of benzene rings is 2. The van der Waals surface area contributed by atoms with Crippen LogP contribution in [0.2, 0.25) is 0 Å². The molecule has 0 spiro atoms. The molecule has 134 valence electrons. The van der Waals surface area contributed by atoms with Gasteiger partial charge >= 0.3 is 0 Å². The van der Waals surface area contributed by atoms with Crippen molar-refractivity contribution in [2.24, 2.45) is 0 Å². The van der Waals surface area contributed by atoms with Gasteiger partial charge in [-0.2, -0.15) is 0 Å². The zero-order valence-electron chi connectivity index (χ0n) is 14.7. The minimum absolute atomic E-state index is 0.0381. The summed E-state index contributed by atoms with van der Waals surface area (Å²) in [6.45, 7) is 4.14. The number of hydrogen-bond donors (Lipinski definition) is 1. The lowest BCUT2D eigenvalue weighted by molar-refractivity contribution is -0.115. The predicted octanol–water partition coefficient (Wildman–Crippen LogP) is 2.93. The van der Waals surface area contributed by atoms with Crippen molar-refractivity contribution in [3.05, 3.63) is 53.6 Å². The van der Waals surface area contributed by atoms with E-state index in [4.69, 9.17) is 4.74 Å². The number of carbonyl (C=O) groups is 3. The Hall–Kier alpha value is -3.15. The third-order valence-electron chi connectivity index (χ3n) is 4.21. The number of nitrogens with zero attached hydrogens (tertiary/aromatic N) is 1. The molecule has 6 heteroatoms. The summed E-state index contributed by atoms with van der Waals surface area (Å²) in [5.41, 5.74) is 2.43. The van der Waals surface area contributed by atoms with E-state index < -0.39 is 0 Å². The Bertz CT molecular complexity index is 876. The van der Waals surface area contributed by atoms with Gasteiger partial charge in [-0.05, 0) is 44.2 Å².